The van der Waals surface area contributed by atoms with E-state index < -0.39 is 16.1 Å². The van der Waals surface area contributed by atoms with E-state index in [1.165, 1.54) is 0 Å². The number of hydrogen-bond acceptors (Lipinski definition) is 3. The second-order valence-electron chi connectivity index (χ2n) is 5.93. The van der Waals surface area contributed by atoms with Gasteiger partial charge >= 0.3 is 0 Å². The lowest BCUT2D eigenvalue weighted by Gasteiger charge is -2.30. The number of hydrogen-bond donors (Lipinski definition) is 1. The Kier molecular flexibility index (Phi) is 7.35. The van der Waals surface area contributed by atoms with Crippen molar-refractivity contribution in [2.45, 2.75) is 39.7 Å². The van der Waals surface area contributed by atoms with Gasteiger partial charge in [-0.1, -0.05) is 32.4 Å². The predicted octanol–water partition coefficient (Wildman–Crippen LogP) is 3.05. The molecule has 0 saturated carbocycles. The minimum Gasteiger partial charge on any atom is -0.354 e. The minimum atomic E-state index is -3.60. The lowest BCUT2D eigenvalue weighted by molar-refractivity contribution is -0.122. The van der Waals surface area contributed by atoms with Gasteiger partial charge in [0.1, 0.15) is 6.04 Å². The van der Waals surface area contributed by atoms with Gasteiger partial charge in [-0.3, -0.25) is 9.10 Å². The zero-order valence-corrected chi connectivity index (χ0v) is 15.6. The van der Waals surface area contributed by atoms with Gasteiger partial charge in [0.15, 0.2) is 0 Å². The standard InChI is InChI=1S/C16H25ClN2O3S/c1-5-15(16(20)18-11-10-12(2)3)19(23(4,21)22)14-8-6-13(17)7-9-14/h6-9,12,15H,5,10-11H2,1-4H3,(H,18,20). The van der Waals surface area contributed by atoms with Crippen LogP contribution in [0.2, 0.25) is 5.02 Å². The Bertz CT molecular complexity index is 615. The van der Waals surface area contributed by atoms with Gasteiger partial charge in [-0.05, 0) is 43.0 Å². The molecule has 1 aromatic carbocycles. The molecular weight excluding hydrogens is 336 g/mol. The lowest BCUT2D eigenvalue weighted by Crippen LogP contribution is -2.49. The molecule has 0 bridgehead atoms. The van der Waals surface area contributed by atoms with Crippen LogP contribution >= 0.6 is 11.6 Å². The van der Waals surface area contributed by atoms with E-state index in [0.29, 0.717) is 29.6 Å². The van der Waals surface area contributed by atoms with Gasteiger partial charge in [0.2, 0.25) is 15.9 Å². The predicted molar refractivity (Wildman–Crippen MR) is 95.3 cm³/mol. The number of sulfonamides is 1. The van der Waals surface area contributed by atoms with Gasteiger partial charge in [-0.25, -0.2) is 8.42 Å². The van der Waals surface area contributed by atoms with Crippen molar-refractivity contribution in [3.8, 4) is 0 Å². The Balaban J connectivity index is 3.03. The fourth-order valence-electron chi connectivity index (χ4n) is 2.25. The second-order valence-corrected chi connectivity index (χ2v) is 8.23. The van der Waals surface area contributed by atoms with E-state index in [0.717, 1.165) is 17.0 Å². The van der Waals surface area contributed by atoms with Crippen molar-refractivity contribution in [3.63, 3.8) is 0 Å². The quantitative estimate of drug-likeness (QED) is 0.774. The first-order chi connectivity index (χ1) is 10.7. The zero-order valence-electron chi connectivity index (χ0n) is 14.0. The summed E-state index contributed by atoms with van der Waals surface area (Å²) < 4.78 is 25.6. The highest BCUT2D eigenvalue weighted by Gasteiger charge is 2.31. The van der Waals surface area contributed by atoms with Crippen LogP contribution < -0.4 is 9.62 Å². The monoisotopic (exact) mass is 360 g/mol. The summed E-state index contributed by atoms with van der Waals surface area (Å²) in [5, 5.41) is 3.34. The summed E-state index contributed by atoms with van der Waals surface area (Å²) in [5.41, 5.74) is 0.433. The van der Waals surface area contributed by atoms with Crippen LogP contribution in [0.4, 0.5) is 5.69 Å². The zero-order chi connectivity index (χ0) is 17.6. The summed E-state index contributed by atoms with van der Waals surface area (Å²) in [6.07, 6.45) is 2.33. The Hall–Kier alpha value is -1.27. The van der Waals surface area contributed by atoms with Crippen molar-refractivity contribution < 1.29 is 13.2 Å². The molecule has 0 aliphatic heterocycles. The van der Waals surface area contributed by atoms with E-state index in [9.17, 15) is 13.2 Å². The Morgan fingerprint density at radius 2 is 1.83 bits per heavy atom. The summed E-state index contributed by atoms with van der Waals surface area (Å²) >= 11 is 5.86. The van der Waals surface area contributed by atoms with Crippen LogP contribution in [0.25, 0.3) is 0 Å². The molecule has 1 atom stereocenters. The van der Waals surface area contributed by atoms with Crippen LogP contribution in [0.15, 0.2) is 24.3 Å². The largest absolute Gasteiger partial charge is 0.354 e. The maximum atomic E-state index is 12.4. The first-order valence-electron chi connectivity index (χ1n) is 7.69. The summed E-state index contributed by atoms with van der Waals surface area (Å²) in [5.74, 6) is 0.186. The molecule has 0 fully saturated rings. The third-order valence-electron chi connectivity index (χ3n) is 3.43. The van der Waals surface area contributed by atoms with Crippen LogP contribution in [0, 0.1) is 5.92 Å². The highest BCUT2D eigenvalue weighted by Crippen LogP contribution is 2.24. The SMILES string of the molecule is CCC(C(=O)NCCC(C)C)N(c1ccc(Cl)cc1)S(C)(=O)=O. The molecular formula is C16H25ClN2O3S. The van der Waals surface area contributed by atoms with Gasteiger partial charge in [0.25, 0.3) is 0 Å². The van der Waals surface area contributed by atoms with Crippen molar-refractivity contribution in [2.24, 2.45) is 5.92 Å². The van der Waals surface area contributed by atoms with Gasteiger partial charge in [-0.2, -0.15) is 0 Å². The average Bonchev–Trinajstić information content (AvgIpc) is 2.44. The summed E-state index contributed by atoms with van der Waals surface area (Å²) in [7, 11) is -3.60. The van der Waals surface area contributed by atoms with Crippen molar-refractivity contribution in [2.75, 3.05) is 17.1 Å². The third kappa shape index (κ3) is 6.03. The molecule has 1 N–H and O–H groups in total. The van der Waals surface area contributed by atoms with Crippen LogP contribution in [0.5, 0.6) is 0 Å². The topological polar surface area (TPSA) is 66.5 Å². The van der Waals surface area contributed by atoms with E-state index in [1.807, 2.05) is 0 Å². The number of nitrogens with zero attached hydrogens (tertiary/aromatic N) is 1. The normalized spacial score (nSPS) is 13.0. The highest BCUT2D eigenvalue weighted by molar-refractivity contribution is 7.92. The summed E-state index contributed by atoms with van der Waals surface area (Å²) in [6.45, 7) is 6.46. The van der Waals surface area contributed by atoms with E-state index >= 15 is 0 Å². The molecule has 7 heteroatoms. The molecule has 1 rings (SSSR count). The van der Waals surface area contributed by atoms with Gasteiger partial charge in [-0.15, -0.1) is 0 Å². The molecule has 130 valence electrons. The number of amides is 1. The molecule has 0 spiro atoms. The molecule has 0 aliphatic carbocycles. The van der Waals surface area contributed by atoms with Crippen LogP contribution in [-0.2, 0) is 14.8 Å². The molecule has 1 aromatic rings. The first-order valence-corrected chi connectivity index (χ1v) is 9.92. The van der Waals surface area contributed by atoms with Crippen LogP contribution in [0.1, 0.15) is 33.6 Å². The molecule has 0 saturated heterocycles. The smallest absolute Gasteiger partial charge is 0.243 e. The maximum absolute atomic E-state index is 12.4. The lowest BCUT2D eigenvalue weighted by atomic mass is 10.1. The number of benzene rings is 1. The minimum absolute atomic E-state index is 0.284. The molecule has 1 amide bonds. The number of carbonyl (C=O) groups excluding carboxylic acids is 1. The summed E-state index contributed by atoms with van der Waals surface area (Å²) in [6, 6.07) is 5.65. The number of nitrogens with one attached hydrogen (secondary N) is 1. The van der Waals surface area contributed by atoms with E-state index in [2.05, 4.69) is 19.2 Å². The fraction of sp³-hybridized carbons (Fsp3) is 0.562. The van der Waals surface area contributed by atoms with Crippen molar-refractivity contribution in [3.05, 3.63) is 29.3 Å². The van der Waals surface area contributed by atoms with Crippen molar-refractivity contribution in [1.82, 2.24) is 5.32 Å². The van der Waals surface area contributed by atoms with Crippen LogP contribution in [0.3, 0.4) is 0 Å². The molecule has 0 aromatic heterocycles. The molecule has 1 unspecified atom stereocenters. The number of carbonyl (C=O) groups is 1. The Morgan fingerprint density at radius 1 is 1.26 bits per heavy atom. The van der Waals surface area contributed by atoms with Gasteiger partial charge in [0, 0.05) is 11.6 Å². The van der Waals surface area contributed by atoms with Gasteiger partial charge < -0.3 is 5.32 Å². The van der Waals surface area contributed by atoms with Crippen molar-refractivity contribution in [1.29, 1.82) is 0 Å². The maximum Gasteiger partial charge on any atom is 0.243 e. The second kappa shape index (κ2) is 8.55. The highest BCUT2D eigenvalue weighted by atomic mass is 35.5. The fourth-order valence-corrected chi connectivity index (χ4v) is 3.59. The van der Waals surface area contributed by atoms with E-state index in [4.69, 9.17) is 11.6 Å². The average molecular weight is 361 g/mol. The number of rotatable bonds is 8. The Labute approximate surface area is 144 Å². The van der Waals surface area contributed by atoms with E-state index in [1.54, 1.807) is 31.2 Å². The van der Waals surface area contributed by atoms with E-state index in [-0.39, 0.29) is 5.91 Å². The first kappa shape index (κ1) is 19.8. The molecule has 0 radical (unpaired) electrons. The summed E-state index contributed by atoms with van der Waals surface area (Å²) in [4.78, 5) is 12.4. The van der Waals surface area contributed by atoms with Gasteiger partial charge in [0.05, 0.1) is 11.9 Å². The number of anilines is 1. The Morgan fingerprint density at radius 3 is 2.26 bits per heavy atom. The molecule has 0 aliphatic rings. The molecule has 23 heavy (non-hydrogen) atoms. The molecule has 5 nitrogen and oxygen atoms in total. The van der Waals surface area contributed by atoms with Crippen molar-refractivity contribution >= 4 is 33.2 Å². The van der Waals surface area contributed by atoms with Crippen LogP contribution in [-0.4, -0.2) is 33.2 Å². The number of halogens is 1. The molecule has 0 heterocycles. The third-order valence-corrected chi connectivity index (χ3v) is 4.86.